The van der Waals surface area contributed by atoms with Gasteiger partial charge in [-0.2, -0.15) is 14.0 Å². The number of hydrogen-bond acceptors (Lipinski definition) is 6. The van der Waals surface area contributed by atoms with Gasteiger partial charge in [-0.05, 0) is 36.8 Å². The summed E-state index contributed by atoms with van der Waals surface area (Å²) >= 11 is 0. The van der Waals surface area contributed by atoms with Gasteiger partial charge in [-0.25, -0.2) is 0 Å². The standard InChI is InChI=1S/C22H18F2N4O3/c23-22(24)31-15-6-7-17-16(10-15)21(14(11-25)12-27-17)26-8-3-9-28-18-4-1-2-5-19(18)30-13-20(28)29/h1-2,4-7,10,12,22H,3,8-9,13H2,(H,26,27). The molecule has 0 spiro atoms. The van der Waals surface area contributed by atoms with Crippen LogP contribution >= 0.6 is 0 Å². The molecule has 1 amide bonds. The highest BCUT2D eigenvalue weighted by Crippen LogP contribution is 2.32. The molecule has 9 heteroatoms. The lowest BCUT2D eigenvalue weighted by molar-refractivity contribution is -0.121. The summed E-state index contributed by atoms with van der Waals surface area (Å²) in [5, 5.41) is 13.1. The molecule has 31 heavy (non-hydrogen) atoms. The molecule has 1 aliphatic rings. The number of halogens is 2. The highest BCUT2D eigenvalue weighted by molar-refractivity contribution is 5.98. The minimum Gasteiger partial charge on any atom is -0.482 e. The van der Waals surface area contributed by atoms with Gasteiger partial charge in [-0.15, -0.1) is 0 Å². The number of alkyl halides is 2. The normalized spacial score (nSPS) is 13.0. The Bertz CT molecular complexity index is 1160. The van der Waals surface area contributed by atoms with Gasteiger partial charge in [0, 0.05) is 24.7 Å². The first kappa shape index (κ1) is 20.3. The zero-order chi connectivity index (χ0) is 21.8. The number of anilines is 2. The van der Waals surface area contributed by atoms with Gasteiger partial charge in [0.15, 0.2) is 6.61 Å². The molecule has 0 saturated heterocycles. The average Bonchev–Trinajstić information content (AvgIpc) is 2.77. The van der Waals surface area contributed by atoms with Crippen LogP contribution in [0.25, 0.3) is 10.9 Å². The van der Waals surface area contributed by atoms with Crippen molar-refractivity contribution < 1.29 is 23.0 Å². The number of hydrogen-bond donors (Lipinski definition) is 1. The Balaban J connectivity index is 1.50. The van der Waals surface area contributed by atoms with Crippen LogP contribution in [0.5, 0.6) is 11.5 Å². The third kappa shape index (κ3) is 4.33. The first-order chi connectivity index (χ1) is 15.1. The molecule has 1 aromatic heterocycles. The van der Waals surface area contributed by atoms with Gasteiger partial charge in [0.25, 0.3) is 5.91 Å². The van der Waals surface area contributed by atoms with Crippen molar-refractivity contribution >= 4 is 28.2 Å². The number of rotatable bonds is 7. The first-order valence-electron chi connectivity index (χ1n) is 9.60. The van der Waals surface area contributed by atoms with Crippen LogP contribution in [0.4, 0.5) is 20.2 Å². The molecule has 158 valence electrons. The van der Waals surface area contributed by atoms with Crippen molar-refractivity contribution in [1.29, 1.82) is 5.26 Å². The monoisotopic (exact) mass is 424 g/mol. The van der Waals surface area contributed by atoms with Gasteiger partial charge in [0.2, 0.25) is 0 Å². The number of fused-ring (bicyclic) bond motifs is 2. The second-order valence-corrected chi connectivity index (χ2v) is 6.80. The second kappa shape index (κ2) is 8.83. The van der Waals surface area contributed by atoms with Gasteiger partial charge >= 0.3 is 6.61 Å². The minimum atomic E-state index is -2.95. The average molecular weight is 424 g/mol. The van der Waals surface area contributed by atoms with Crippen LogP contribution in [0.3, 0.4) is 0 Å². The Hall–Kier alpha value is -3.93. The molecule has 0 radical (unpaired) electrons. The van der Waals surface area contributed by atoms with Crippen LogP contribution < -0.4 is 19.7 Å². The summed E-state index contributed by atoms with van der Waals surface area (Å²) in [6, 6.07) is 13.8. The number of nitriles is 1. The molecular formula is C22H18F2N4O3. The topological polar surface area (TPSA) is 87.5 Å². The predicted octanol–water partition coefficient (Wildman–Crippen LogP) is 3.94. The number of pyridine rings is 1. The maximum atomic E-state index is 12.6. The fourth-order valence-electron chi connectivity index (χ4n) is 3.47. The van der Waals surface area contributed by atoms with Crippen molar-refractivity contribution in [3.63, 3.8) is 0 Å². The summed E-state index contributed by atoms with van der Waals surface area (Å²) in [5.41, 5.74) is 2.04. The van der Waals surface area contributed by atoms with Crippen LogP contribution in [-0.2, 0) is 4.79 Å². The van der Waals surface area contributed by atoms with E-state index in [1.165, 1.54) is 18.3 Å². The fraction of sp³-hybridized carbons (Fsp3) is 0.227. The quantitative estimate of drug-likeness (QED) is 0.578. The summed E-state index contributed by atoms with van der Waals surface area (Å²) in [5.74, 6) is 0.519. The molecule has 0 fully saturated rings. The summed E-state index contributed by atoms with van der Waals surface area (Å²) in [6.45, 7) is -2.06. The Morgan fingerprint density at radius 1 is 1.29 bits per heavy atom. The number of ether oxygens (including phenoxy) is 2. The summed E-state index contributed by atoms with van der Waals surface area (Å²) < 4.78 is 35.1. The Kier molecular flexibility index (Phi) is 5.80. The van der Waals surface area contributed by atoms with Crippen LogP contribution in [0.2, 0.25) is 0 Å². The largest absolute Gasteiger partial charge is 0.482 e. The highest BCUT2D eigenvalue weighted by atomic mass is 19.3. The van der Waals surface area contributed by atoms with Crippen molar-refractivity contribution in [2.24, 2.45) is 0 Å². The van der Waals surface area contributed by atoms with Gasteiger partial charge in [0.1, 0.15) is 17.6 Å². The molecule has 0 aliphatic carbocycles. The smallest absolute Gasteiger partial charge is 0.387 e. The number of nitrogens with zero attached hydrogens (tertiary/aromatic N) is 3. The SMILES string of the molecule is N#Cc1cnc2ccc(OC(F)F)cc2c1NCCCN1C(=O)COc2ccccc21. The second-order valence-electron chi connectivity index (χ2n) is 6.80. The molecule has 0 unspecified atom stereocenters. The van der Waals surface area contributed by atoms with Crippen molar-refractivity contribution in [3.8, 4) is 17.6 Å². The number of amides is 1. The number of carbonyl (C=O) groups excluding carboxylic acids is 1. The van der Waals surface area contributed by atoms with E-state index in [0.717, 1.165) is 5.69 Å². The van der Waals surface area contributed by atoms with Crippen LogP contribution in [0, 0.1) is 11.3 Å². The number of carbonyl (C=O) groups is 1. The number of nitrogens with one attached hydrogen (secondary N) is 1. The van der Waals surface area contributed by atoms with Gasteiger partial charge in [0.05, 0.1) is 22.5 Å². The molecule has 1 aliphatic heterocycles. The summed E-state index contributed by atoms with van der Waals surface area (Å²) in [7, 11) is 0. The predicted molar refractivity (Wildman–Crippen MR) is 110 cm³/mol. The lowest BCUT2D eigenvalue weighted by Gasteiger charge is -2.29. The minimum absolute atomic E-state index is 0.00900. The molecule has 2 heterocycles. The Morgan fingerprint density at radius 2 is 2.13 bits per heavy atom. The molecule has 0 saturated carbocycles. The summed E-state index contributed by atoms with van der Waals surface area (Å²) in [6.07, 6.45) is 2.02. The maximum Gasteiger partial charge on any atom is 0.387 e. The Labute approximate surface area is 176 Å². The lowest BCUT2D eigenvalue weighted by atomic mass is 10.1. The number of para-hydroxylation sites is 2. The maximum absolute atomic E-state index is 12.6. The Morgan fingerprint density at radius 3 is 2.94 bits per heavy atom. The molecule has 0 bridgehead atoms. The molecule has 4 rings (SSSR count). The van der Waals surface area contributed by atoms with E-state index in [1.807, 2.05) is 24.3 Å². The molecule has 1 N–H and O–H groups in total. The van der Waals surface area contributed by atoms with Crippen molar-refractivity contribution in [1.82, 2.24) is 4.98 Å². The van der Waals surface area contributed by atoms with E-state index in [0.29, 0.717) is 41.9 Å². The van der Waals surface area contributed by atoms with E-state index >= 15 is 0 Å². The van der Waals surface area contributed by atoms with Gasteiger partial charge in [-0.1, -0.05) is 12.1 Å². The third-order valence-electron chi connectivity index (χ3n) is 4.85. The zero-order valence-electron chi connectivity index (χ0n) is 16.3. The van der Waals surface area contributed by atoms with E-state index < -0.39 is 6.61 Å². The van der Waals surface area contributed by atoms with Gasteiger partial charge < -0.3 is 19.7 Å². The van der Waals surface area contributed by atoms with Crippen molar-refractivity contribution in [2.45, 2.75) is 13.0 Å². The van der Waals surface area contributed by atoms with Crippen LogP contribution in [-0.4, -0.2) is 37.2 Å². The summed E-state index contributed by atoms with van der Waals surface area (Å²) in [4.78, 5) is 18.1. The van der Waals surface area contributed by atoms with E-state index in [2.05, 4.69) is 21.1 Å². The van der Waals surface area contributed by atoms with Crippen LogP contribution in [0.15, 0.2) is 48.7 Å². The lowest BCUT2D eigenvalue weighted by Crippen LogP contribution is -2.39. The third-order valence-corrected chi connectivity index (χ3v) is 4.85. The van der Waals surface area contributed by atoms with Gasteiger partial charge in [-0.3, -0.25) is 9.78 Å². The van der Waals surface area contributed by atoms with E-state index in [9.17, 15) is 18.8 Å². The molecular weight excluding hydrogens is 406 g/mol. The molecule has 7 nitrogen and oxygen atoms in total. The molecule has 2 aromatic carbocycles. The van der Waals surface area contributed by atoms with E-state index in [4.69, 9.17) is 4.74 Å². The first-order valence-corrected chi connectivity index (χ1v) is 9.60. The van der Waals surface area contributed by atoms with Crippen molar-refractivity contribution in [2.75, 3.05) is 29.9 Å². The molecule has 3 aromatic rings. The molecule has 0 atom stereocenters. The fourth-order valence-corrected chi connectivity index (χ4v) is 3.47. The van der Waals surface area contributed by atoms with E-state index in [1.54, 1.807) is 11.0 Å². The zero-order valence-corrected chi connectivity index (χ0v) is 16.3. The number of aromatic nitrogens is 1. The van der Waals surface area contributed by atoms with Crippen LogP contribution in [0.1, 0.15) is 12.0 Å². The van der Waals surface area contributed by atoms with E-state index in [-0.39, 0.29) is 23.8 Å². The highest BCUT2D eigenvalue weighted by Gasteiger charge is 2.24. The number of benzene rings is 2. The van der Waals surface area contributed by atoms with Crippen molar-refractivity contribution in [3.05, 3.63) is 54.2 Å².